The van der Waals surface area contributed by atoms with Crippen LogP contribution in [0.2, 0.25) is 0 Å². The number of methoxy groups -OCH3 is 1. The summed E-state index contributed by atoms with van der Waals surface area (Å²) in [6.07, 6.45) is -2.18. The van der Waals surface area contributed by atoms with E-state index in [1.807, 2.05) is 60.7 Å². The lowest BCUT2D eigenvalue weighted by atomic mass is 9.91. The van der Waals surface area contributed by atoms with E-state index in [2.05, 4.69) is 26.2 Å². The van der Waals surface area contributed by atoms with Gasteiger partial charge in [-0.15, -0.1) is 0 Å². The molecular weight excluding hydrogens is 584 g/mol. The third kappa shape index (κ3) is 7.16. The van der Waals surface area contributed by atoms with Gasteiger partial charge >= 0.3 is 11.9 Å². The normalized spacial score (nSPS) is 21.2. The Morgan fingerprint density at radius 2 is 1.73 bits per heavy atom. The number of aromatic nitrogens is 1. The van der Waals surface area contributed by atoms with E-state index < -0.39 is 48.6 Å². The van der Waals surface area contributed by atoms with E-state index in [9.17, 15) is 19.5 Å². The zero-order chi connectivity index (χ0) is 28.6. The fourth-order valence-corrected chi connectivity index (χ4v) is 4.58. The number of hydrogen-bond donors (Lipinski definition) is 2. The summed E-state index contributed by atoms with van der Waals surface area (Å²) in [7, 11) is 1.42. The molecule has 1 aliphatic rings. The van der Waals surface area contributed by atoms with Gasteiger partial charge in [0.2, 0.25) is 0 Å². The molecule has 1 fully saturated rings. The Hall–Kier alpha value is -3.96. The van der Waals surface area contributed by atoms with Gasteiger partial charge in [0.05, 0.1) is 13.0 Å². The number of benzene rings is 2. The number of aliphatic hydroxyl groups is 1. The van der Waals surface area contributed by atoms with Crippen LogP contribution in [0.5, 0.6) is 11.5 Å². The first-order valence-corrected chi connectivity index (χ1v) is 13.4. The second-order valence-corrected chi connectivity index (χ2v) is 10.00. The van der Waals surface area contributed by atoms with Crippen LogP contribution in [0.4, 0.5) is 0 Å². The summed E-state index contributed by atoms with van der Waals surface area (Å²) >= 11 is 3.26. The molecule has 4 rings (SSSR count). The second kappa shape index (κ2) is 13.4. The Labute approximate surface area is 239 Å². The first-order chi connectivity index (χ1) is 19.3. The highest BCUT2D eigenvalue weighted by Gasteiger charge is 2.39. The van der Waals surface area contributed by atoms with E-state index in [-0.39, 0.29) is 30.2 Å². The van der Waals surface area contributed by atoms with Crippen LogP contribution in [0, 0.1) is 5.92 Å². The molecule has 0 spiro atoms. The van der Waals surface area contributed by atoms with Crippen molar-refractivity contribution in [2.24, 2.45) is 5.92 Å². The van der Waals surface area contributed by atoms with E-state index in [0.717, 1.165) is 11.1 Å². The highest BCUT2D eigenvalue weighted by atomic mass is 79.9. The van der Waals surface area contributed by atoms with E-state index in [4.69, 9.17) is 18.9 Å². The van der Waals surface area contributed by atoms with Crippen LogP contribution in [-0.2, 0) is 32.1 Å². The van der Waals surface area contributed by atoms with Crippen molar-refractivity contribution in [3.05, 3.63) is 88.2 Å². The molecular formula is C29H29BrN2O8. The average Bonchev–Trinajstić information content (AvgIpc) is 2.99. The van der Waals surface area contributed by atoms with Crippen molar-refractivity contribution < 1.29 is 38.4 Å². The van der Waals surface area contributed by atoms with Gasteiger partial charge in [0, 0.05) is 6.07 Å². The fraction of sp³-hybridized carbons (Fsp3) is 0.310. The van der Waals surface area contributed by atoms with Crippen molar-refractivity contribution in [3.8, 4) is 11.5 Å². The lowest BCUT2D eigenvalue weighted by molar-refractivity contribution is -0.159. The molecule has 2 N–H and O–H groups in total. The zero-order valence-corrected chi connectivity index (χ0v) is 23.5. The molecule has 1 saturated heterocycles. The van der Waals surface area contributed by atoms with Crippen molar-refractivity contribution in [3.63, 3.8) is 0 Å². The topological polar surface area (TPSA) is 133 Å². The average molecular weight is 613 g/mol. The van der Waals surface area contributed by atoms with Crippen LogP contribution >= 0.6 is 15.9 Å². The third-order valence-electron chi connectivity index (χ3n) is 6.35. The van der Waals surface area contributed by atoms with Gasteiger partial charge in [-0.05, 0) is 40.4 Å². The van der Waals surface area contributed by atoms with Gasteiger partial charge in [-0.2, -0.15) is 0 Å². The Balaban J connectivity index is 1.54. The highest BCUT2D eigenvalue weighted by molar-refractivity contribution is 9.10. The van der Waals surface area contributed by atoms with Crippen molar-refractivity contribution in [1.29, 1.82) is 0 Å². The SMILES string of the molecule is COc1cc(Br)nc(C(=O)NC2COC(=O)[C@H](Cc3ccccc3)C(O)[C@H](C)OC2=O)c1OCc1ccccc1. The molecule has 1 aliphatic heterocycles. The molecule has 210 valence electrons. The molecule has 3 aromatic rings. The molecule has 2 heterocycles. The number of aliphatic hydroxyl groups excluding tert-OH is 1. The molecule has 1 amide bonds. The number of carbonyl (C=O) groups is 3. The maximum absolute atomic E-state index is 13.4. The lowest BCUT2D eigenvalue weighted by Crippen LogP contribution is -2.46. The van der Waals surface area contributed by atoms with E-state index >= 15 is 0 Å². The van der Waals surface area contributed by atoms with Crippen molar-refractivity contribution in [2.45, 2.75) is 38.2 Å². The van der Waals surface area contributed by atoms with Crippen molar-refractivity contribution >= 4 is 33.8 Å². The van der Waals surface area contributed by atoms with Gasteiger partial charge in [0.1, 0.15) is 30.0 Å². The van der Waals surface area contributed by atoms with Crippen LogP contribution in [-0.4, -0.2) is 59.9 Å². The standard InChI is InChI=1S/C29H29BrN2O8/c1-17-25(33)20(13-18-9-5-3-6-10-18)28(35)39-16-21(29(36)40-17)31-27(34)24-26(22(37-2)14-23(30)32-24)38-15-19-11-7-4-8-12-19/h3-12,14,17,20-21,25,33H,13,15-16H2,1-2H3,(H,31,34)/t17-,20+,21?,25?/m0/s1. The largest absolute Gasteiger partial charge is 0.493 e. The quantitative estimate of drug-likeness (QED) is 0.290. The molecule has 4 atom stereocenters. The van der Waals surface area contributed by atoms with Gasteiger partial charge in [0.15, 0.2) is 23.2 Å². The summed E-state index contributed by atoms with van der Waals surface area (Å²) in [5.74, 6) is -3.04. The molecule has 11 heteroatoms. The molecule has 0 aliphatic carbocycles. The number of hydrogen-bond acceptors (Lipinski definition) is 9. The number of esters is 2. The van der Waals surface area contributed by atoms with Crippen LogP contribution in [0.1, 0.15) is 28.5 Å². The van der Waals surface area contributed by atoms with Gasteiger partial charge in [-0.1, -0.05) is 60.7 Å². The number of rotatable bonds is 8. The lowest BCUT2D eigenvalue weighted by Gasteiger charge is -2.25. The number of halogens is 1. The van der Waals surface area contributed by atoms with E-state index in [0.29, 0.717) is 4.60 Å². The number of ether oxygens (including phenoxy) is 4. The van der Waals surface area contributed by atoms with Crippen LogP contribution in [0.15, 0.2) is 71.3 Å². The number of cyclic esters (lactones) is 2. The predicted molar refractivity (Wildman–Crippen MR) is 147 cm³/mol. The van der Waals surface area contributed by atoms with E-state index in [1.165, 1.54) is 14.0 Å². The first kappa shape index (κ1) is 29.0. The Bertz CT molecular complexity index is 1340. The van der Waals surface area contributed by atoms with Gasteiger partial charge in [-0.3, -0.25) is 9.59 Å². The minimum Gasteiger partial charge on any atom is -0.493 e. The number of nitrogens with one attached hydrogen (secondary N) is 1. The molecule has 0 radical (unpaired) electrons. The third-order valence-corrected chi connectivity index (χ3v) is 6.75. The summed E-state index contributed by atoms with van der Waals surface area (Å²) in [6, 6.07) is 18.6. The monoisotopic (exact) mass is 612 g/mol. The van der Waals surface area contributed by atoms with Crippen LogP contribution in [0.3, 0.4) is 0 Å². The molecule has 10 nitrogen and oxygen atoms in total. The molecule has 1 aromatic heterocycles. The first-order valence-electron chi connectivity index (χ1n) is 12.6. The Morgan fingerprint density at radius 3 is 2.38 bits per heavy atom. The van der Waals surface area contributed by atoms with Crippen molar-refractivity contribution in [2.75, 3.05) is 13.7 Å². The minimum atomic E-state index is -1.37. The zero-order valence-electron chi connectivity index (χ0n) is 21.9. The molecule has 2 unspecified atom stereocenters. The van der Waals surface area contributed by atoms with Gasteiger partial charge in [-0.25, -0.2) is 9.78 Å². The Morgan fingerprint density at radius 1 is 1.07 bits per heavy atom. The molecule has 0 saturated carbocycles. The summed E-state index contributed by atoms with van der Waals surface area (Å²) in [5, 5.41) is 13.4. The smallest absolute Gasteiger partial charge is 0.332 e. The molecule has 2 aromatic carbocycles. The maximum Gasteiger partial charge on any atom is 0.332 e. The Kier molecular flexibility index (Phi) is 9.73. The van der Waals surface area contributed by atoms with Gasteiger partial charge < -0.3 is 29.4 Å². The van der Waals surface area contributed by atoms with Crippen LogP contribution < -0.4 is 14.8 Å². The number of pyridine rings is 1. The molecule has 0 bridgehead atoms. The van der Waals surface area contributed by atoms with Gasteiger partial charge in [0.25, 0.3) is 5.91 Å². The summed E-state index contributed by atoms with van der Waals surface area (Å²) < 4.78 is 22.4. The highest BCUT2D eigenvalue weighted by Crippen LogP contribution is 2.33. The number of nitrogens with zero attached hydrogens (tertiary/aromatic N) is 1. The van der Waals surface area contributed by atoms with E-state index in [1.54, 1.807) is 6.07 Å². The summed E-state index contributed by atoms with van der Waals surface area (Å²) in [4.78, 5) is 43.6. The summed E-state index contributed by atoms with van der Waals surface area (Å²) in [5.41, 5.74) is 1.50. The molecule has 40 heavy (non-hydrogen) atoms. The number of amides is 1. The second-order valence-electron chi connectivity index (χ2n) is 9.18. The van der Waals surface area contributed by atoms with Crippen LogP contribution in [0.25, 0.3) is 0 Å². The predicted octanol–water partition coefficient (Wildman–Crippen LogP) is 3.24. The minimum absolute atomic E-state index is 0.0622. The maximum atomic E-state index is 13.4. The fourth-order valence-electron chi connectivity index (χ4n) is 4.20. The number of carbonyl (C=O) groups excluding carboxylic acids is 3. The summed E-state index contributed by atoms with van der Waals surface area (Å²) in [6.45, 7) is 1.11. The van der Waals surface area contributed by atoms with Crippen molar-refractivity contribution in [1.82, 2.24) is 10.3 Å².